The first kappa shape index (κ1) is 23.5. The first-order valence-corrected chi connectivity index (χ1v) is 11.2. The zero-order chi connectivity index (χ0) is 24.9. The van der Waals surface area contributed by atoms with Crippen molar-refractivity contribution in [3.63, 3.8) is 0 Å². The number of aromatic nitrogens is 2. The number of nitrogens with zero attached hydrogens (tertiary/aromatic N) is 3. The van der Waals surface area contributed by atoms with Crippen molar-refractivity contribution in [2.24, 2.45) is 5.73 Å². The van der Waals surface area contributed by atoms with Gasteiger partial charge in [-0.1, -0.05) is 48.0 Å². The third-order valence-corrected chi connectivity index (χ3v) is 5.85. The average molecular weight is 464 g/mol. The molecule has 0 saturated carbocycles. The molecule has 0 fully saturated rings. The predicted molar refractivity (Wildman–Crippen MR) is 134 cm³/mol. The zero-order valence-electron chi connectivity index (χ0n) is 19.5. The summed E-state index contributed by atoms with van der Waals surface area (Å²) < 4.78 is 1.79. The Balaban J connectivity index is 0.000000243. The van der Waals surface area contributed by atoms with E-state index in [0.717, 1.165) is 33.9 Å². The highest BCUT2D eigenvalue weighted by Gasteiger charge is 2.32. The molecule has 0 bridgehead atoms. The molecule has 5 rings (SSSR count). The molecule has 174 valence electrons. The van der Waals surface area contributed by atoms with Gasteiger partial charge in [0.2, 0.25) is 11.8 Å². The standard InChI is InChI=1S/C20H16N4O.C8H9NO/c1-13-19-17(15-9-7-14(12-21)8-10-15)11-18(25)22-20(19)24(23-13)16-5-3-2-4-6-16;1-6-3-2-4-7(5-6)8(9)10/h2-10,17H,11H2,1H3,(H,22,25);2-5H,1H3,(H2,9,10). The van der Waals surface area contributed by atoms with Crippen LogP contribution in [0.4, 0.5) is 5.82 Å². The molecule has 7 heteroatoms. The number of carbonyl (C=O) groups is 2. The van der Waals surface area contributed by atoms with Crippen molar-refractivity contribution in [2.45, 2.75) is 26.2 Å². The number of hydrogen-bond acceptors (Lipinski definition) is 4. The van der Waals surface area contributed by atoms with Crippen molar-refractivity contribution in [3.8, 4) is 11.8 Å². The predicted octanol–water partition coefficient (Wildman–Crippen LogP) is 4.62. The molecule has 2 heterocycles. The molecule has 1 unspecified atom stereocenters. The van der Waals surface area contributed by atoms with Crippen LogP contribution in [0.3, 0.4) is 0 Å². The van der Waals surface area contributed by atoms with Crippen LogP contribution in [-0.2, 0) is 4.79 Å². The number of rotatable bonds is 3. The second-order valence-corrected chi connectivity index (χ2v) is 8.37. The Morgan fingerprint density at radius 2 is 1.77 bits per heavy atom. The number of benzene rings is 3. The van der Waals surface area contributed by atoms with Crippen molar-refractivity contribution < 1.29 is 9.59 Å². The Hall–Kier alpha value is -4.70. The Labute approximate surface area is 203 Å². The third-order valence-electron chi connectivity index (χ3n) is 5.85. The first-order valence-electron chi connectivity index (χ1n) is 11.2. The van der Waals surface area contributed by atoms with E-state index in [4.69, 9.17) is 11.0 Å². The maximum Gasteiger partial charge on any atom is 0.248 e. The zero-order valence-corrected chi connectivity index (χ0v) is 19.5. The van der Waals surface area contributed by atoms with E-state index in [9.17, 15) is 9.59 Å². The summed E-state index contributed by atoms with van der Waals surface area (Å²) in [6.07, 6.45) is 0.375. The summed E-state index contributed by atoms with van der Waals surface area (Å²) >= 11 is 0. The number of aryl methyl sites for hydroxylation is 2. The number of nitriles is 1. The van der Waals surface area contributed by atoms with Crippen molar-refractivity contribution in [3.05, 3.63) is 112 Å². The van der Waals surface area contributed by atoms with Crippen molar-refractivity contribution in [1.29, 1.82) is 5.26 Å². The van der Waals surface area contributed by atoms with Crippen LogP contribution in [0.1, 0.15) is 50.6 Å². The fourth-order valence-corrected chi connectivity index (χ4v) is 4.18. The van der Waals surface area contributed by atoms with Crippen LogP contribution in [0, 0.1) is 25.2 Å². The van der Waals surface area contributed by atoms with Gasteiger partial charge in [-0.05, 0) is 55.8 Å². The highest BCUT2D eigenvalue weighted by molar-refractivity contribution is 5.95. The monoisotopic (exact) mass is 463 g/mol. The average Bonchev–Trinajstić information content (AvgIpc) is 3.20. The SMILES string of the molecule is Cc1cccc(C(N)=O)c1.Cc1nn(-c2ccccc2)c2c1C(c1ccc(C#N)cc1)CC(=O)N2. The number of amides is 2. The number of carbonyl (C=O) groups excluding carboxylic acids is 2. The quantitative estimate of drug-likeness (QED) is 0.461. The van der Waals surface area contributed by atoms with Gasteiger partial charge in [-0.25, -0.2) is 4.68 Å². The van der Waals surface area contributed by atoms with Crippen LogP contribution in [0.25, 0.3) is 5.69 Å². The van der Waals surface area contributed by atoms with Gasteiger partial charge in [0.25, 0.3) is 0 Å². The van der Waals surface area contributed by atoms with E-state index in [1.54, 1.807) is 28.9 Å². The largest absolute Gasteiger partial charge is 0.366 e. The van der Waals surface area contributed by atoms with Gasteiger partial charge >= 0.3 is 0 Å². The van der Waals surface area contributed by atoms with Gasteiger partial charge in [-0.15, -0.1) is 0 Å². The van der Waals surface area contributed by atoms with Gasteiger partial charge in [-0.2, -0.15) is 10.4 Å². The Kier molecular flexibility index (Phi) is 6.74. The normalized spacial score (nSPS) is 14.1. The summed E-state index contributed by atoms with van der Waals surface area (Å²) in [4.78, 5) is 22.9. The van der Waals surface area contributed by atoms with Gasteiger partial charge in [0, 0.05) is 23.5 Å². The molecule has 0 aliphatic carbocycles. The summed E-state index contributed by atoms with van der Waals surface area (Å²) in [5.74, 6) is 0.269. The molecular weight excluding hydrogens is 438 g/mol. The maximum absolute atomic E-state index is 12.3. The smallest absolute Gasteiger partial charge is 0.248 e. The minimum absolute atomic E-state index is 0.0288. The topological polar surface area (TPSA) is 114 Å². The minimum atomic E-state index is -0.372. The molecule has 0 spiro atoms. The lowest BCUT2D eigenvalue weighted by molar-refractivity contribution is -0.116. The van der Waals surface area contributed by atoms with Gasteiger partial charge in [0.05, 0.1) is 23.0 Å². The lowest BCUT2D eigenvalue weighted by Gasteiger charge is -2.24. The summed E-state index contributed by atoms with van der Waals surface area (Å²) in [5, 5.41) is 16.6. The Bertz CT molecular complexity index is 1420. The number of fused-ring (bicyclic) bond motifs is 1. The molecule has 0 saturated heterocycles. The van der Waals surface area contributed by atoms with Crippen LogP contribution >= 0.6 is 0 Å². The number of para-hydroxylation sites is 1. The van der Waals surface area contributed by atoms with E-state index in [1.165, 1.54) is 0 Å². The molecule has 35 heavy (non-hydrogen) atoms. The van der Waals surface area contributed by atoms with Gasteiger partial charge in [0.15, 0.2) is 0 Å². The van der Waals surface area contributed by atoms with Gasteiger partial charge in [0.1, 0.15) is 5.82 Å². The van der Waals surface area contributed by atoms with E-state index < -0.39 is 0 Å². The van der Waals surface area contributed by atoms with Crippen molar-refractivity contribution in [1.82, 2.24) is 9.78 Å². The fraction of sp³-hybridized carbons (Fsp3) is 0.143. The lowest BCUT2D eigenvalue weighted by atomic mass is 9.85. The Morgan fingerprint density at radius 1 is 1.06 bits per heavy atom. The fourth-order valence-electron chi connectivity index (χ4n) is 4.18. The summed E-state index contributed by atoms with van der Waals surface area (Å²) in [6, 6.07) is 26.5. The van der Waals surface area contributed by atoms with Crippen LogP contribution in [0.15, 0.2) is 78.9 Å². The molecule has 0 radical (unpaired) electrons. The minimum Gasteiger partial charge on any atom is -0.366 e. The van der Waals surface area contributed by atoms with E-state index in [1.807, 2.05) is 68.4 Å². The second-order valence-electron chi connectivity index (χ2n) is 8.37. The third kappa shape index (κ3) is 5.12. The number of hydrogen-bond donors (Lipinski definition) is 2. The molecule has 1 aliphatic heterocycles. The molecule has 4 aromatic rings. The van der Waals surface area contributed by atoms with Gasteiger partial charge in [-0.3, -0.25) is 9.59 Å². The second kappa shape index (κ2) is 10.1. The van der Waals surface area contributed by atoms with Crippen LogP contribution in [-0.4, -0.2) is 21.6 Å². The molecule has 7 nitrogen and oxygen atoms in total. The molecular formula is C28H25N5O2. The van der Waals surface area contributed by atoms with Crippen LogP contribution < -0.4 is 11.1 Å². The number of nitrogens with two attached hydrogens (primary N) is 1. The molecule has 3 N–H and O–H groups in total. The molecule has 2 amide bonds. The maximum atomic E-state index is 12.3. The van der Waals surface area contributed by atoms with Crippen molar-refractivity contribution in [2.75, 3.05) is 5.32 Å². The lowest BCUT2D eigenvalue weighted by Crippen LogP contribution is -2.24. The molecule has 1 aromatic heterocycles. The first-order chi connectivity index (χ1) is 16.9. The van der Waals surface area contributed by atoms with Crippen LogP contribution in [0.2, 0.25) is 0 Å². The number of primary amides is 1. The van der Waals surface area contributed by atoms with E-state index in [-0.39, 0.29) is 17.7 Å². The molecule has 3 aromatic carbocycles. The van der Waals surface area contributed by atoms with Gasteiger partial charge < -0.3 is 11.1 Å². The summed E-state index contributed by atoms with van der Waals surface area (Å²) in [6.45, 7) is 3.89. The Morgan fingerprint density at radius 3 is 2.37 bits per heavy atom. The highest BCUT2D eigenvalue weighted by Crippen LogP contribution is 2.40. The van der Waals surface area contributed by atoms with E-state index in [2.05, 4.69) is 16.5 Å². The van der Waals surface area contributed by atoms with Crippen molar-refractivity contribution >= 4 is 17.6 Å². The summed E-state index contributed by atoms with van der Waals surface area (Å²) in [5.41, 5.74) is 11.1. The van der Waals surface area contributed by atoms with Crippen LogP contribution in [0.5, 0.6) is 0 Å². The molecule has 1 aliphatic rings. The number of nitrogens with one attached hydrogen (secondary N) is 1. The van der Waals surface area contributed by atoms with E-state index in [0.29, 0.717) is 17.5 Å². The van der Waals surface area contributed by atoms with E-state index >= 15 is 0 Å². The number of anilines is 1. The highest BCUT2D eigenvalue weighted by atomic mass is 16.2. The summed E-state index contributed by atoms with van der Waals surface area (Å²) in [7, 11) is 0. The molecule has 1 atom stereocenters.